The van der Waals surface area contributed by atoms with Crippen molar-refractivity contribution in [2.45, 2.75) is 45.1 Å². The van der Waals surface area contributed by atoms with Crippen LogP contribution in [0.3, 0.4) is 0 Å². The Morgan fingerprint density at radius 1 is 1.62 bits per heavy atom. The van der Waals surface area contributed by atoms with Crippen molar-refractivity contribution < 1.29 is 5.11 Å². The zero-order valence-corrected chi connectivity index (χ0v) is 10.0. The fourth-order valence-corrected chi connectivity index (χ4v) is 2.88. The number of anilines is 1. The lowest BCUT2D eigenvalue weighted by atomic mass is 9.82. The van der Waals surface area contributed by atoms with Crippen molar-refractivity contribution in [2.75, 3.05) is 5.73 Å². The number of nitrogens with zero attached hydrogens (tertiary/aromatic N) is 1. The molecule has 2 atom stereocenters. The fourth-order valence-electron chi connectivity index (χ4n) is 2.88. The monoisotopic (exact) mass is 220 g/mol. The minimum absolute atomic E-state index is 0.318. The van der Waals surface area contributed by atoms with Gasteiger partial charge in [0.05, 0.1) is 5.60 Å². The summed E-state index contributed by atoms with van der Waals surface area (Å²) >= 11 is 0. The second-order valence-corrected chi connectivity index (χ2v) is 4.87. The molecule has 1 heterocycles. The van der Waals surface area contributed by atoms with E-state index >= 15 is 0 Å². The molecular formula is C13H20N2O. The maximum absolute atomic E-state index is 10.8. The van der Waals surface area contributed by atoms with Gasteiger partial charge in [0.2, 0.25) is 0 Å². The Morgan fingerprint density at radius 3 is 3.06 bits per heavy atom. The molecule has 3 N–H and O–H groups in total. The SMILES string of the molecule is CCC1CCCC1(O)c1cc(C)cnc1N. The van der Waals surface area contributed by atoms with E-state index in [0.717, 1.165) is 36.8 Å². The summed E-state index contributed by atoms with van der Waals surface area (Å²) in [5.41, 5.74) is 7.03. The molecule has 1 aromatic heterocycles. The van der Waals surface area contributed by atoms with E-state index in [2.05, 4.69) is 11.9 Å². The van der Waals surface area contributed by atoms with E-state index in [0.29, 0.717) is 11.7 Å². The molecule has 0 amide bonds. The first-order chi connectivity index (χ1) is 7.58. The molecule has 3 nitrogen and oxygen atoms in total. The van der Waals surface area contributed by atoms with Crippen LogP contribution in [0.2, 0.25) is 0 Å². The molecular weight excluding hydrogens is 200 g/mol. The van der Waals surface area contributed by atoms with Crippen LogP contribution in [0, 0.1) is 12.8 Å². The van der Waals surface area contributed by atoms with E-state index in [1.165, 1.54) is 0 Å². The van der Waals surface area contributed by atoms with Gasteiger partial charge in [-0.15, -0.1) is 0 Å². The third-order valence-electron chi connectivity index (χ3n) is 3.80. The number of nitrogens with two attached hydrogens (primary N) is 1. The number of hydrogen-bond donors (Lipinski definition) is 2. The van der Waals surface area contributed by atoms with Gasteiger partial charge in [-0.1, -0.05) is 13.3 Å². The molecule has 0 radical (unpaired) electrons. The summed E-state index contributed by atoms with van der Waals surface area (Å²) < 4.78 is 0. The van der Waals surface area contributed by atoms with Gasteiger partial charge in [-0.2, -0.15) is 0 Å². The van der Waals surface area contributed by atoms with Gasteiger partial charge in [0.1, 0.15) is 5.82 Å². The molecule has 2 unspecified atom stereocenters. The Morgan fingerprint density at radius 2 is 2.38 bits per heavy atom. The Balaban J connectivity index is 2.45. The second-order valence-electron chi connectivity index (χ2n) is 4.87. The molecule has 0 aliphatic heterocycles. The van der Waals surface area contributed by atoms with Crippen LogP contribution < -0.4 is 5.73 Å². The van der Waals surface area contributed by atoms with Crippen LogP contribution in [0.25, 0.3) is 0 Å². The molecule has 88 valence electrons. The molecule has 1 aliphatic rings. The second kappa shape index (κ2) is 4.06. The van der Waals surface area contributed by atoms with Crippen LogP contribution in [0.15, 0.2) is 12.3 Å². The summed E-state index contributed by atoms with van der Waals surface area (Å²) in [6.45, 7) is 4.11. The fraction of sp³-hybridized carbons (Fsp3) is 0.615. The number of aromatic nitrogens is 1. The molecule has 0 spiro atoms. The van der Waals surface area contributed by atoms with E-state index in [4.69, 9.17) is 5.73 Å². The van der Waals surface area contributed by atoms with Gasteiger partial charge >= 0.3 is 0 Å². The first-order valence-electron chi connectivity index (χ1n) is 6.03. The van der Waals surface area contributed by atoms with Crippen molar-refractivity contribution in [1.82, 2.24) is 4.98 Å². The van der Waals surface area contributed by atoms with Crippen LogP contribution in [0.5, 0.6) is 0 Å². The van der Waals surface area contributed by atoms with Gasteiger partial charge in [0.15, 0.2) is 0 Å². The summed E-state index contributed by atoms with van der Waals surface area (Å²) in [4.78, 5) is 4.15. The Bertz CT molecular complexity index is 392. The average molecular weight is 220 g/mol. The van der Waals surface area contributed by atoms with E-state index in [-0.39, 0.29) is 0 Å². The molecule has 0 saturated heterocycles. The lowest BCUT2D eigenvalue weighted by molar-refractivity contribution is -0.00344. The first-order valence-corrected chi connectivity index (χ1v) is 6.03. The lowest BCUT2D eigenvalue weighted by Crippen LogP contribution is -2.31. The van der Waals surface area contributed by atoms with E-state index in [1.54, 1.807) is 6.20 Å². The number of nitrogen functional groups attached to an aromatic ring is 1. The predicted octanol–water partition coefficient (Wildman–Crippen LogP) is 2.37. The van der Waals surface area contributed by atoms with Gasteiger partial charge in [0, 0.05) is 11.8 Å². The van der Waals surface area contributed by atoms with Crippen molar-refractivity contribution in [3.63, 3.8) is 0 Å². The average Bonchev–Trinajstić information content (AvgIpc) is 2.64. The zero-order valence-electron chi connectivity index (χ0n) is 10.0. The minimum atomic E-state index is -0.752. The topological polar surface area (TPSA) is 59.1 Å². The number of aryl methyl sites for hydroxylation is 1. The third kappa shape index (κ3) is 1.69. The molecule has 1 fully saturated rings. The summed E-state index contributed by atoms with van der Waals surface area (Å²) in [7, 11) is 0. The van der Waals surface area contributed by atoms with Gasteiger partial charge in [-0.05, 0) is 43.7 Å². The first kappa shape index (κ1) is 11.4. The van der Waals surface area contributed by atoms with E-state index in [1.807, 2.05) is 13.0 Å². The van der Waals surface area contributed by atoms with Crippen LogP contribution in [0.1, 0.15) is 43.7 Å². The minimum Gasteiger partial charge on any atom is -0.385 e. The van der Waals surface area contributed by atoms with Crippen molar-refractivity contribution in [1.29, 1.82) is 0 Å². The zero-order chi connectivity index (χ0) is 11.8. The molecule has 1 aliphatic carbocycles. The third-order valence-corrected chi connectivity index (χ3v) is 3.80. The predicted molar refractivity (Wildman–Crippen MR) is 64.9 cm³/mol. The van der Waals surface area contributed by atoms with Gasteiger partial charge < -0.3 is 10.8 Å². The molecule has 1 saturated carbocycles. The smallest absolute Gasteiger partial charge is 0.129 e. The normalized spacial score (nSPS) is 29.6. The number of hydrogen-bond acceptors (Lipinski definition) is 3. The molecule has 0 aromatic carbocycles. The summed E-state index contributed by atoms with van der Waals surface area (Å²) in [6.07, 6.45) is 5.70. The highest BCUT2D eigenvalue weighted by atomic mass is 16.3. The maximum atomic E-state index is 10.8. The number of aliphatic hydroxyl groups is 1. The van der Waals surface area contributed by atoms with Crippen molar-refractivity contribution in [3.8, 4) is 0 Å². The highest BCUT2D eigenvalue weighted by molar-refractivity contribution is 5.45. The van der Waals surface area contributed by atoms with Crippen LogP contribution in [-0.4, -0.2) is 10.1 Å². The summed E-state index contributed by atoms with van der Waals surface area (Å²) in [6, 6.07) is 1.98. The molecule has 1 aromatic rings. The Kier molecular flexibility index (Phi) is 2.89. The molecule has 16 heavy (non-hydrogen) atoms. The van der Waals surface area contributed by atoms with Crippen LogP contribution >= 0.6 is 0 Å². The highest BCUT2D eigenvalue weighted by Crippen LogP contribution is 2.46. The van der Waals surface area contributed by atoms with Crippen molar-refractivity contribution in [2.24, 2.45) is 5.92 Å². The van der Waals surface area contributed by atoms with Crippen molar-refractivity contribution >= 4 is 5.82 Å². The van der Waals surface area contributed by atoms with Crippen molar-refractivity contribution in [3.05, 3.63) is 23.4 Å². The van der Waals surface area contributed by atoms with Gasteiger partial charge in [0.25, 0.3) is 0 Å². The molecule has 2 rings (SSSR count). The molecule has 3 heteroatoms. The van der Waals surface area contributed by atoms with Crippen LogP contribution in [0.4, 0.5) is 5.82 Å². The van der Waals surface area contributed by atoms with E-state index in [9.17, 15) is 5.11 Å². The lowest BCUT2D eigenvalue weighted by Gasteiger charge is -2.30. The highest BCUT2D eigenvalue weighted by Gasteiger charge is 2.42. The van der Waals surface area contributed by atoms with Crippen LogP contribution in [-0.2, 0) is 5.60 Å². The summed E-state index contributed by atoms with van der Waals surface area (Å²) in [5.74, 6) is 0.798. The summed E-state index contributed by atoms with van der Waals surface area (Å²) in [5, 5.41) is 10.8. The molecule has 0 bridgehead atoms. The quantitative estimate of drug-likeness (QED) is 0.804. The number of rotatable bonds is 2. The van der Waals surface area contributed by atoms with Gasteiger partial charge in [-0.3, -0.25) is 0 Å². The van der Waals surface area contributed by atoms with Gasteiger partial charge in [-0.25, -0.2) is 4.98 Å². The standard InChI is InChI=1S/C13H20N2O/c1-3-10-5-4-6-13(10,16)11-7-9(2)8-15-12(11)14/h7-8,10,16H,3-6H2,1-2H3,(H2,14,15). The largest absolute Gasteiger partial charge is 0.385 e. The van der Waals surface area contributed by atoms with E-state index < -0.39 is 5.60 Å². The Labute approximate surface area is 96.7 Å². The Hall–Kier alpha value is -1.09. The number of pyridine rings is 1. The maximum Gasteiger partial charge on any atom is 0.129 e.